The van der Waals surface area contributed by atoms with E-state index >= 15 is 0 Å². The number of aliphatic hydroxyl groups is 1. The second kappa shape index (κ2) is 6.50. The monoisotopic (exact) mass is 244 g/mol. The molecule has 0 saturated carbocycles. The fourth-order valence-electron chi connectivity index (χ4n) is 1.89. The molecule has 0 aromatic carbocycles. The van der Waals surface area contributed by atoms with E-state index in [1.807, 2.05) is 0 Å². The van der Waals surface area contributed by atoms with Crippen LogP contribution in [0.2, 0.25) is 0 Å². The Bertz CT molecular complexity index is 234. The molecule has 0 aromatic heterocycles. The van der Waals surface area contributed by atoms with Crippen LogP contribution >= 0.6 is 0 Å². The lowest BCUT2D eigenvalue weighted by atomic mass is 9.97. The summed E-state index contributed by atoms with van der Waals surface area (Å²) in [6, 6.07) is 0. The topological polar surface area (TPSA) is 47.9 Å². The van der Waals surface area contributed by atoms with Crippen molar-refractivity contribution in [1.29, 1.82) is 0 Å². The van der Waals surface area contributed by atoms with Gasteiger partial charge in [-0.2, -0.15) is 0 Å². The Morgan fingerprint density at radius 2 is 2.18 bits per heavy atom. The third-order valence-corrected chi connectivity index (χ3v) is 2.63. The van der Waals surface area contributed by atoms with Crippen LogP contribution in [-0.4, -0.2) is 36.5 Å². The van der Waals surface area contributed by atoms with Gasteiger partial charge in [-0.1, -0.05) is 13.0 Å². The molecule has 0 radical (unpaired) electrons. The molecular formula is C13H24O4. The van der Waals surface area contributed by atoms with Crippen molar-refractivity contribution in [3.05, 3.63) is 12.7 Å². The van der Waals surface area contributed by atoms with Crippen molar-refractivity contribution in [2.75, 3.05) is 13.2 Å². The standard InChI is InChI=1S/C13H24O4/c1-5-6-15-12-8-10(2)7-11(17-12)9-16-13(3,4)14/h5,10-12,14H,1,6-9H2,2-4H3. The Morgan fingerprint density at radius 3 is 2.76 bits per heavy atom. The van der Waals surface area contributed by atoms with Gasteiger partial charge < -0.3 is 19.3 Å². The van der Waals surface area contributed by atoms with Crippen LogP contribution in [-0.2, 0) is 14.2 Å². The van der Waals surface area contributed by atoms with Gasteiger partial charge in [-0.05, 0) is 26.2 Å². The molecule has 1 fully saturated rings. The Hall–Kier alpha value is -0.420. The first-order valence-electron chi connectivity index (χ1n) is 6.15. The zero-order valence-corrected chi connectivity index (χ0v) is 11.0. The van der Waals surface area contributed by atoms with E-state index in [-0.39, 0.29) is 12.4 Å². The van der Waals surface area contributed by atoms with Gasteiger partial charge in [0.25, 0.3) is 0 Å². The highest BCUT2D eigenvalue weighted by atomic mass is 16.7. The highest BCUT2D eigenvalue weighted by Crippen LogP contribution is 2.26. The van der Waals surface area contributed by atoms with Crippen molar-refractivity contribution in [3.8, 4) is 0 Å². The number of rotatable bonds is 6. The predicted molar refractivity (Wildman–Crippen MR) is 65.5 cm³/mol. The summed E-state index contributed by atoms with van der Waals surface area (Å²) in [6.45, 7) is 9.90. The van der Waals surface area contributed by atoms with Gasteiger partial charge in [0.15, 0.2) is 12.1 Å². The maximum Gasteiger partial charge on any atom is 0.159 e. The molecule has 1 N–H and O–H groups in total. The summed E-state index contributed by atoms with van der Waals surface area (Å²) in [7, 11) is 0. The van der Waals surface area contributed by atoms with Crippen LogP contribution in [0.15, 0.2) is 12.7 Å². The number of hydrogen-bond donors (Lipinski definition) is 1. The maximum atomic E-state index is 9.50. The first-order chi connectivity index (χ1) is 7.90. The summed E-state index contributed by atoms with van der Waals surface area (Å²) in [4.78, 5) is 0. The molecule has 4 heteroatoms. The predicted octanol–water partition coefficient (Wildman–Crippen LogP) is 2.08. The van der Waals surface area contributed by atoms with Crippen molar-refractivity contribution in [2.24, 2.45) is 5.92 Å². The highest BCUT2D eigenvalue weighted by molar-refractivity contribution is 4.73. The van der Waals surface area contributed by atoms with E-state index in [4.69, 9.17) is 14.2 Å². The third-order valence-electron chi connectivity index (χ3n) is 2.63. The van der Waals surface area contributed by atoms with Gasteiger partial charge >= 0.3 is 0 Å². The second-order valence-corrected chi connectivity index (χ2v) is 5.14. The van der Waals surface area contributed by atoms with Crippen LogP contribution in [0, 0.1) is 5.92 Å². The van der Waals surface area contributed by atoms with Gasteiger partial charge in [0.05, 0.1) is 19.3 Å². The molecule has 0 aliphatic carbocycles. The fourth-order valence-corrected chi connectivity index (χ4v) is 1.89. The number of ether oxygens (including phenoxy) is 3. The highest BCUT2D eigenvalue weighted by Gasteiger charge is 2.29. The quantitative estimate of drug-likeness (QED) is 0.574. The van der Waals surface area contributed by atoms with Crippen LogP contribution in [0.4, 0.5) is 0 Å². The Balaban J connectivity index is 2.36. The summed E-state index contributed by atoms with van der Waals surface area (Å²) in [5.74, 6) is -0.574. The summed E-state index contributed by atoms with van der Waals surface area (Å²) in [5, 5.41) is 9.50. The Labute approximate surface area is 104 Å². The normalized spacial score (nSPS) is 30.2. The van der Waals surface area contributed by atoms with Gasteiger partial charge in [0, 0.05) is 6.42 Å². The molecule has 1 aliphatic heterocycles. The minimum atomic E-state index is -1.11. The largest absolute Gasteiger partial charge is 0.366 e. The molecule has 1 aliphatic rings. The van der Waals surface area contributed by atoms with Crippen molar-refractivity contribution in [1.82, 2.24) is 0 Å². The molecule has 100 valence electrons. The molecule has 0 aromatic rings. The van der Waals surface area contributed by atoms with Crippen LogP contribution in [0.1, 0.15) is 33.6 Å². The summed E-state index contributed by atoms with van der Waals surface area (Å²) in [5.41, 5.74) is 0. The van der Waals surface area contributed by atoms with E-state index in [2.05, 4.69) is 13.5 Å². The summed E-state index contributed by atoms with van der Waals surface area (Å²) < 4.78 is 16.6. The van der Waals surface area contributed by atoms with E-state index in [1.54, 1.807) is 19.9 Å². The van der Waals surface area contributed by atoms with Gasteiger partial charge in [-0.25, -0.2) is 0 Å². The maximum absolute atomic E-state index is 9.50. The average molecular weight is 244 g/mol. The Kier molecular flexibility index (Phi) is 5.59. The molecule has 1 rings (SSSR count). The van der Waals surface area contributed by atoms with E-state index < -0.39 is 5.79 Å². The molecular weight excluding hydrogens is 220 g/mol. The molecule has 3 atom stereocenters. The molecule has 4 nitrogen and oxygen atoms in total. The first-order valence-corrected chi connectivity index (χ1v) is 6.15. The third kappa shape index (κ3) is 6.17. The summed E-state index contributed by atoms with van der Waals surface area (Å²) in [6.07, 6.45) is 3.34. The second-order valence-electron chi connectivity index (χ2n) is 5.14. The molecule has 1 saturated heterocycles. The van der Waals surface area contributed by atoms with Crippen molar-refractivity contribution in [2.45, 2.75) is 51.8 Å². The Morgan fingerprint density at radius 1 is 1.47 bits per heavy atom. The van der Waals surface area contributed by atoms with E-state index in [0.29, 0.717) is 19.1 Å². The minimum absolute atomic E-state index is 0.0139. The van der Waals surface area contributed by atoms with Crippen LogP contribution in [0.25, 0.3) is 0 Å². The minimum Gasteiger partial charge on any atom is -0.366 e. The molecule has 0 spiro atoms. The van der Waals surface area contributed by atoms with Gasteiger partial charge in [-0.3, -0.25) is 0 Å². The van der Waals surface area contributed by atoms with Crippen LogP contribution < -0.4 is 0 Å². The molecule has 0 amide bonds. The molecule has 3 unspecified atom stereocenters. The fraction of sp³-hybridized carbons (Fsp3) is 0.846. The zero-order valence-electron chi connectivity index (χ0n) is 11.0. The van der Waals surface area contributed by atoms with Gasteiger partial charge in [0.1, 0.15) is 0 Å². The van der Waals surface area contributed by atoms with Crippen LogP contribution in [0.5, 0.6) is 0 Å². The average Bonchev–Trinajstić information content (AvgIpc) is 2.22. The molecule has 1 heterocycles. The molecule has 17 heavy (non-hydrogen) atoms. The lowest BCUT2D eigenvalue weighted by Gasteiger charge is -2.34. The van der Waals surface area contributed by atoms with Crippen LogP contribution in [0.3, 0.4) is 0 Å². The van der Waals surface area contributed by atoms with Gasteiger partial charge in [-0.15, -0.1) is 6.58 Å². The lowest BCUT2D eigenvalue weighted by molar-refractivity contribution is -0.242. The van der Waals surface area contributed by atoms with Crippen molar-refractivity contribution in [3.63, 3.8) is 0 Å². The first kappa shape index (κ1) is 14.6. The SMILES string of the molecule is C=CCOC1CC(C)CC(COC(C)(C)O)O1. The lowest BCUT2D eigenvalue weighted by Crippen LogP contribution is -2.38. The smallest absolute Gasteiger partial charge is 0.159 e. The molecule has 0 bridgehead atoms. The summed E-state index contributed by atoms with van der Waals surface area (Å²) >= 11 is 0. The van der Waals surface area contributed by atoms with E-state index in [0.717, 1.165) is 12.8 Å². The number of hydrogen-bond acceptors (Lipinski definition) is 4. The van der Waals surface area contributed by atoms with Gasteiger partial charge in [0.2, 0.25) is 0 Å². The van der Waals surface area contributed by atoms with E-state index in [9.17, 15) is 5.11 Å². The van der Waals surface area contributed by atoms with E-state index in [1.165, 1.54) is 0 Å². The zero-order chi connectivity index (χ0) is 12.9. The van der Waals surface area contributed by atoms with Crippen molar-refractivity contribution >= 4 is 0 Å². The van der Waals surface area contributed by atoms with Crippen molar-refractivity contribution < 1.29 is 19.3 Å².